The molecule has 0 aromatic rings. The summed E-state index contributed by atoms with van der Waals surface area (Å²) in [6.07, 6.45) is 12.6. The minimum Gasteiger partial charge on any atom is -0.314 e. The Kier molecular flexibility index (Phi) is 6.15. The zero-order chi connectivity index (χ0) is 13.7. The lowest BCUT2D eigenvalue weighted by Crippen LogP contribution is -2.47. The molecule has 2 nitrogen and oxygen atoms in total. The summed E-state index contributed by atoms with van der Waals surface area (Å²) in [4.78, 5) is 2.74. The Bertz CT molecular complexity index is 246. The molecule has 0 heterocycles. The molecule has 0 amide bonds. The highest BCUT2D eigenvalue weighted by molar-refractivity contribution is 4.87. The van der Waals surface area contributed by atoms with Crippen LogP contribution in [0.3, 0.4) is 0 Å². The van der Waals surface area contributed by atoms with Crippen molar-refractivity contribution in [2.24, 2.45) is 5.92 Å². The van der Waals surface area contributed by atoms with Gasteiger partial charge in [0.1, 0.15) is 0 Å². The van der Waals surface area contributed by atoms with E-state index in [1.807, 2.05) is 0 Å². The summed E-state index contributed by atoms with van der Waals surface area (Å²) in [5.41, 5.74) is 0. The van der Waals surface area contributed by atoms with Gasteiger partial charge in [-0.15, -0.1) is 0 Å². The largest absolute Gasteiger partial charge is 0.314 e. The molecule has 19 heavy (non-hydrogen) atoms. The minimum absolute atomic E-state index is 0.781. The van der Waals surface area contributed by atoms with Crippen molar-refractivity contribution in [2.75, 3.05) is 13.6 Å². The summed E-state index contributed by atoms with van der Waals surface area (Å²) in [5, 5.41) is 3.74. The van der Waals surface area contributed by atoms with Crippen LogP contribution in [0.1, 0.15) is 71.6 Å². The van der Waals surface area contributed by atoms with Crippen molar-refractivity contribution in [1.82, 2.24) is 10.2 Å². The van der Waals surface area contributed by atoms with E-state index in [2.05, 4.69) is 31.1 Å². The Morgan fingerprint density at radius 3 is 2.42 bits per heavy atom. The van der Waals surface area contributed by atoms with Gasteiger partial charge in [-0.2, -0.15) is 0 Å². The quantitative estimate of drug-likeness (QED) is 0.814. The van der Waals surface area contributed by atoms with E-state index in [0.29, 0.717) is 0 Å². The molecule has 2 unspecified atom stereocenters. The van der Waals surface area contributed by atoms with Gasteiger partial charge in [0.15, 0.2) is 0 Å². The second-order valence-electron chi connectivity index (χ2n) is 7.05. The summed E-state index contributed by atoms with van der Waals surface area (Å²) in [6, 6.07) is 2.48. The van der Waals surface area contributed by atoms with Gasteiger partial charge in [-0.1, -0.05) is 20.3 Å². The smallest absolute Gasteiger partial charge is 0.0110 e. The molecule has 2 aliphatic carbocycles. The highest BCUT2D eigenvalue weighted by Crippen LogP contribution is 2.31. The van der Waals surface area contributed by atoms with Crippen LogP contribution in [0.15, 0.2) is 0 Å². The number of nitrogens with one attached hydrogen (secondary N) is 1. The molecule has 2 aliphatic rings. The van der Waals surface area contributed by atoms with E-state index in [-0.39, 0.29) is 0 Å². The van der Waals surface area contributed by atoms with Gasteiger partial charge < -0.3 is 10.2 Å². The van der Waals surface area contributed by atoms with Gasteiger partial charge in [0.2, 0.25) is 0 Å². The monoisotopic (exact) mass is 266 g/mol. The van der Waals surface area contributed by atoms with E-state index in [1.165, 1.54) is 64.3 Å². The summed E-state index contributed by atoms with van der Waals surface area (Å²) < 4.78 is 0. The highest BCUT2D eigenvalue weighted by Gasteiger charge is 2.30. The molecule has 2 rings (SSSR count). The van der Waals surface area contributed by atoms with E-state index in [9.17, 15) is 0 Å². The second-order valence-corrected chi connectivity index (χ2v) is 7.05. The van der Waals surface area contributed by atoms with Crippen LogP contribution in [-0.4, -0.2) is 36.6 Å². The molecule has 0 aliphatic heterocycles. The van der Waals surface area contributed by atoms with E-state index in [1.54, 1.807) is 0 Å². The predicted molar refractivity (Wildman–Crippen MR) is 83.5 cm³/mol. The molecule has 2 atom stereocenters. The molecule has 2 heteroatoms. The second kappa shape index (κ2) is 7.64. The van der Waals surface area contributed by atoms with E-state index in [0.717, 1.165) is 24.0 Å². The zero-order valence-corrected chi connectivity index (χ0v) is 13.3. The van der Waals surface area contributed by atoms with E-state index >= 15 is 0 Å². The molecule has 0 aromatic heterocycles. The lowest BCUT2D eigenvalue weighted by molar-refractivity contribution is 0.0906. The summed E-state index contributed by atoms with van der Waals surface area (Å²) in [7, 11) is 2.40. The first kappa shape index (κ1) is 15.3. The molecule has 0 radical (unpaired) electrons. The Morgan fingerprint density at radius 2 is 1.74 bits per heavy atom. The van der Waals surface area contributed by atoms with Crippen molar-refractivity contribution in [2.45, 2.75) is 89.8 Å². The van der Waals surface area contributed by atoms with Crippen molar-refractivity contribution >= 4 is 0 Å². The van der Waals surface area contributed by atoms with Crippen molar-refractivity contribution < 1.29 is 0 Å². The van der Waals surface area contributed by atoms with Crippen molar-refractivity contribution in [3.05, 3.63) is 0 Å². The Morgan fingerprint density at radius 1 is 1.00 bits per heavy atom. The van der Waals surface area contributed by atoms with Crippen LogP contribution in [0.5, 0.6) is 0 Å². The van der Waals surface area contributed by atoms with Gasteiger partial charge in [-0.3, -0.25) is 0 Å². The zero-order valence-electron chi connectivity index (χ0n) is 13.3. The molecule has 1 N–H and O–H groups in total. The van der Waals surface area contributed by atoms with Crippen LogP contribution < -0.4 is 5.32 Å². The fraction of sp³-hybridized carbons (Fsp3) is 1.00. The van der Waals surface area contributed by atoms with Crippen LogP contribution in [-0.2, 0) is 0 Å². The summed E-state index contributed by atoms with van der Waals surface area (Å²) in [6.45, 7) is 5.88. The topological polar surface area (TPSA) is 15.3 Å². The highest BCUT2D eigenvalue weighted by atomic mass is 15.2. The van der Waals surface area contributed by atoms with Gasteiger partial charge >= 0.3 is 0 Å². The number of hydrogen-bond donors (Lipinski definition) is 1. The Balaban J connectivity index is 1.79. The third-order valence-electron chi connectivity index (χ3n) is 5.47. The molecule has 0 saturated heterocycles. The predicted octanol–water partition coefficient (Wildman–Crippen LogP) is 3.81. The lowest BCUT2D eigenvalue weighted by atomic mass is 9.84. The Labute approximate surface area is 120 Å². The molecular formula is C17H34N2. The SMILES string of the molecule is CCCNC1CCCC(N(C)C2CCC(C)CC2)C1. The molecule has 0 aromatic carbocycles. The maximum atomic E-state index is 3.74. The molecule has 2 fully saturated rings. The van der Waals surface area contributed by atoms with Gasteiger partial charge in [0.25, 0.3) is 0 Å². The molecule has 112 valence electrons. The Hall–Kier alpha value is -0.0800. The third-order valence-corrected chi connectivity index (χ3v) is 5.47. The maximum absolute atomic E-state index is 3.74. The summed E-state index contributed by atoms with van der Waals surface area (Å²) in [5.74, 6) is 0.968. The van der Waals surface area contributed by atoms with Gasteiger partial charge in [0, 0.05) is 18.1 Å². The minimum atomic E-state index is 0.781. The summed E-state index contributed by atoms with van der Waals surface area (Å²) >= 11 is 0. The first-order chi connectivity index (χ1) is 9.20. The van der Waals surface area contributed by atoms with Crippen LogP contribution in [0.2, 0.25) is 0 Å². The fourth-order valence-corrected chi connectivity index (χ4v) is 4.02. The lowest BCUT2D eigenvalue weighted by Gasteiger charge is -2.42. The van der Waals surface area contributed by atoms with Crippen LogP contribution in [0, 0.1) is 5.92 Å². The van der Waals surface area contributed by atoms with Crippen LogP contribution in [0.25, 0.3) is 0 Å². The fourth-order valence-electron chi connectivity index (χ4n) is 4.02. The van der Waals surface area contributed by atoms with E-state index < -0.39 is 0 Å². The van der Waals surface area contributed by atoms with Crippen molar-refractivity contribution in [3.8, 4) is 0 Å². The molecular weight excluding hydrogens is 232 g/mol. The van der Waals surface area contributed by atoms with E-state index in [4.69, 9.17) is 0 Å². The third kappa shape index (κ3) is 4.46. The molecule has 0 bridgehead atoms. The number of nitrogens with zero attached hydrogens (tertiary/aromatic N) is 1. The van der Waals surface area contributed by atoms with Crippen molar-refractivity contribution in [1.29, 1.82) is 0 Å². The number of rotatable bonds is 5. The standard InChI is InChI=1S/C17H34N2/c1-4-12-18-15-6-5-7-17(13-15)19(3)16-10-8-14(2)9-11-16/h14-18H,4-13H2,1-3H3. The first-order valence-corrected chi connectivity index (χ1v) is 8.66. The molecule has 2 saturated carbocycles. The van der Waals surface area contributed by atoms with Gasteiger partial charge in [-0.25, -0.2) is 0 Å². The average molecular weight is 266 g/mol. The normalized spacial score (nSPS) is 36.6. The maximum Gasteiger partial charge on any atom is 0.0110 e. The van der Waals surface area contributed by atoms with Gasteiger partial charge in [0.05, 0.1) is 0 Å². The van der Waals surface area contributed by atoms with Crippen LogP contribution in [0.4, 0.5) is 0 Å². The first-order valence-electron chi connectivity index (χ1n) is 8.66. The molecule has 0 spiro atoms. The van der Waals surface area contributed by atoms with Gasteiger partial charge in [-0.05, 0) is 70.9 Å². The average Bonchev–Trinajstić information content (AvgIpc) is 2.45. The van der Waals surface area contributed by atoms with Crippen molar-refractivity contribution in [3.63, 3.8) is 0 Å². The van der Waals surface area contributed by atoms with Crippen LogP contribution >= 0.6 is 0 Å². The number of hydrogen-bond acceptors (Lipinski definition) is 2.